The molecule has 2 atom stereocenters. The Labute approximate surface area is 263 Å². The molecular formula is C28H31F6N7O6. The second kappa shape index (κ2) is 16.3. The summed E-state index contributed by atoms with van der Waals surface area (Å²) in [6.07, 6.45) is -6.19. The van der Waals surface area contributed by atoms with Crippen molar-refractivity contribution in [1.82, 2.24) is 9.97 Å². The maximum absolute atomic E-state index is 12.8. The zero-order valence-electron chi connectivity index (χ0n) is 24.8. The number of aliphatic carboxylic acids is 2. The fourth-order valence-electron chi connectivity index (χ4n) is 4.13. The normalized spacial score (nSPS) is 15.9. The maximum Gasteiger partial charge on any atom is 0.490 e. The number of nitrogens with two attached hydrogens (primary N) is 2. The van der Waals surface area contributed by atoms with Crippen LogP contribution in [-0.4, -0.2) is 75.5 Å². The molecule has 1 saturated carbocycles. The van der Waals surface area contributed by atoms with Gasteiger partial charge in [-0.2, -0.15) is 31.3 Å². The van der Waals surface area contributed by atoms with Crippen LogP contribution >= 0.6 is 0 Å². The average molecular weight is 676 g/mol. The van der Waals surface area contributed by atoms with E-state index < -0.39 is 24.3 Å². The number of halogens is 6. The highest BCUT2D eigenvalue weighted by Crippen LogP contribution is 2.29. The van der Waals surface area contributed by atoms with Crippen LogP contribution in [0.3, 0.4) is 0 Å². The summed E-state index contributed by atoms with van der Waals surface area (Å²) in [4.78, 5) is 44.2. The number of benzene rings is 2. The van der Waals surface area contributed by atoms with Gasteiger partial charge in [-0.1, -0.05) is 24.5 Å². The summed E-state index contributed by atoms with van der Waals surface area (Å²) in [5.41, 5.74) is 13.6. The van der Waals surface area contributed by atoms with E-state index in [9.17, 15) is 31.1 Å². The zero-order chi connectivity index (χ0) is 35.5. The molecule has 2 aromatic carbocycles. The number of nitrogens with one attached hydrogen (secondary N) is 2. The van der Waals surface area contributed by atoms with E-state index in [2.05, 4.69) is 25.6 Å². The van der Waals surface area contributed by atoms with Crippen LogP contribution in [0.5, 0.6) is 5.75 Å². The van der Waals surface area contributed by atoms with Crippen LogP contribution in [0.2, 0.25) is 0 Å². The number of carboxylic acid groups (broad SMARTS) is 2. The Balaban J connectivity index is 0.000000459. The van der Waals surface area contributed by atoms with Gasteiger partial charge in [-0.25, -0.2) is 19.6 Å². The molecule has 1 heterocycles. The molecule has 4 rings (SSSR count). The maximum atomic E-state index is 12.8. The van der Waals surface area contributed by atoms with Crippen molar-refractivity contribution in [3.63, 3.8) is 0 Å². The number of nitrogens with zero attached hydrogens (tertiary/aromatic N) is 3. The molecule has 0 aliphatic heterocycles. The minimum absolute atomic E-state index is 0.0316. The Bertz CT molecular complexity index is 1560. The number of anilines is 2. The van der Waals surface area contributed by atoms with Gasteiger partial charge in [-0.3, -0.25) is 10.1 Å². The average Bonchev–Trinajstić information content (AvgIpc) is 2.98. The van der Waals surface area contributed by atoms with Gasteiger partial charge in [-0.15, -0.1) is 0 Å². The smallest absolute Gasteiger partial charge is 0.490 e. The number of hydrogen-bond donors (Lipinski definition) is 6. The van der Waals surface area contributed by atoms with Crippen molar-refractivity contribution < 1.29 is 55.7 Å². The third-order valence-corrected chi connectivity index (χ3v) is 6.28. The van der Waals surface area contributed by atoms with Gasteiger partial charge in [-0.05, 0) is 56.2 Å². The molecule has 1 aromatic heterocycles. The number of guanidine groups is 1. The SMILES string of the molecule is COc1ccc(C(=O)Nc2nc(NC3CCCCC3N=C(N)N)c3cc(C)ccc3n2)cc1.O=C(O)C(F)(F)F.O=C(O)C(F)(F)F. The molecular weight excluding hydrogens is 644 g/mol. The number of rotatable bonds is 6. The Morgan fingerprint density at radius 3 is 1.98 bits per heavy atom. The van der Waals surface area contributed by atoms with Gasteiger partial charge in [0.15, 0.2) is 5.96 Å². The number of fused-ring (bicyclic) bond motifs is 1. The molecule has 0 radical (unpaired) electrons. The highest BCUT2D eigenvalue weighted by Gasteiger charge is 2.39. The standard InChI is InChI=1S/C24H29N7O2.2C2HF3O2/c1-14-7-12-18-17(13-14)21(27-19-5-3-4-6-20(19)28-23(25)26)30-24(29-18)31-22(32)15-8-10-16(33-2)11-9-15;2*3-2(4,5)1(6)7/h7-13,19-20H,3-6H2,1-2H3,(H4,25,26,28)(H2,27,29,30,31,32);2*(H,6,7). The molecule has 1 aliphatic carbocycles. The number of amides is 1. The van der Waals surface area contributed by atoms with Crippen LogP contribution < -0.4 is 26.8 Å². The monoisotopic (exact) mass is 675 g/mol. The van der Waals surface area contributed by atoms with Gasteiger partial charge >= 0.3 is 24.3 Å². The third-order valence-electron chi connectivity index (χ3n) is 6.28. The third kappa shape index (κ3) is 12.2. The van der Waals surface area contributed by atoms with Crippen molar-refractivity contribution >= 4 is 46.5 Å². The van der Waals surface area contributed by atoms with Crippen LogP contribution in [0.4, 0.5) is 38.1 Å². The van der Waals surface area contributed by atoms with E-state index >= 15 is 0 Å². The quantitative estimate of drug-likeness (QED) is 0.122. The Kier molecular flexibility index (Phi) is 13.1. The predicted molar refractivity (Wildman–Crippen MR) is 158 cm³/mol. The van der Waals surface area contributed by atoms with Crippen LogP contribution in [-0.2, 0) is 9.59 Å². The number of hydrogen-bond acceptors (Lipinski definition) is 8. The Morgan fingerprint density at radius 1 is 0.915 bits per heavy atom. The van der Waals surface area contributed by atoms with E-state index in [0.29, 0.717) is 17.1 Å². The second-order valence-electron chi connectivity index (χ2n) is 9.86. The lowest BCUT2D eigenvalue weighted by molar-refractivity contribution is -0.193. The number of carbonyl (C=O) groups excluding carboxylic acids is 1. The van der Waals surface area contributed by atoms with Crippen molar-refractivity contribution in [1.29, 1.82) is 0 Å². The number of carbonyl (C=O) groups is 3. The van der Waals surface area contributed by atoms with Crippen molar-refractivity contribution in [2.75, 3.05) is 17.7 Å². The van der Waals surface area contributed by atoms with E-state index in [1.165, 1.54) is 0 Å². The van der Waals surface area contributed by atoms with E-state index in [1.807, 2.05) is 25.1 Å². The van der Waals surface area contributed by atoms with E-state index in [-0.39, 0.29) is 29.9 Å². The largest absolute Gasteiger partial charge is 0.497 e. The summed E-state index contributed by atoms with van der Waals surface area (Å²) < 4.78 is 68.6. The number of aromatic nitrogens is 2. The fraction of sp³-hybridized carbons (Fsp3) is 0.357. The highest BCUT2D eigenvalue weighted by molar-refractivity contribution is 6.04. The molecule has 1 fully saturated rings. The summed E-state index contributed by atoms with van der Waals surface area (Å²) >= 11 is 0. The minimum atomic E-state index is -5.08. The summed E-state index contributed by atoms with van der Waals surface area (Å²) in [6.45, 7) is 2.02. The molecule has 13 nitrogen and oxygen atoms in total. The number of aryl methyl sites for hydroxylation is 1. The first-order chi connectivity index (χ1) is 21.8. The van der Waals surface area contributed by atoms with E-state index in [0.717, 1.165) is 42.1 Å². The molecule has 0 saturated heterocycles. The molecule has 0 spiro atoms. The molecule has 0 bridgehead atoms. The van der Waals surface area contributed by atoms with Gasteiger partial charge in [0, 0.05) is 10.9 Å². The Morgan fingerprint density at radius 2 is 1.47 bits per heavy atom. The lowest BCUT2D eigenvalue weighted by Gasteiger charge is -2.30. The van der Waals surface area contributed by atoms with Gasteiger partial charge in [0.2, 0.25) is 5.95 Å². The summed E-state index contributed by atoms with van der Waals surface area (Å²) in [7, 11) is 1.58. The van der Waals surface area contributed by atoms with E-state index in [4.69, 9.17) is 36.0 Å². The molecule has 256 valence electrons. The van der Waals surface area contributed by atoms with Gasteiger partial charge < -0.3 is 31.7 Å². The zero-order valence-corrected chi connectivity index (χ0v) is 24.8. The number of alkyl halides is 6. The second-order valence-corrected chi connectivity index (χ2v) is 9.86. The summed E-state index contributed by atoms with van der Waals surface area (Å²) in [5.74, 6) is -4.17. The molecule has 1 amide bonds. The minimum Gasteiger partial charge on any atom is -0.497 e. The van der Waals surface area contributed by atoms with E-state index in [1.54, 1.807) is 31.4 Å². The highest BCUT2D eigenvalue weighted by atomic mass is 19.4. The lowest BCUT2D eigenvalue weighted by Crippen LogP contribution is -2.38. The number of aliphatic imine (C=N–C) groups is 1. The van der Waals surface area contributed by atoms with Crippen LogP contribution in [0.25, 0.3) is 10.9 Å². The van der Waals surface area contributed by atoms with Crippen molar-refractivity contribution in [3.8, 4) is 5.75 Å². The predicted octanol–water partition coefficient (Wildman–Crippen LogP) is 4.46. The first-order valence-corrected chi connectivity index (χ1v) is 13.5. The fourth-order valence-corrected chi connectivity index (χ4v) is 4.13. The van der Waals surface area contributed by atoms with Crippen LogP contribution in [0.1, 0.15) is 41.6 Å². The molecule has 2 unspecified atom stereocenters. The molecule has 19 heteroatoms. The Hall–Kier alpha value is -5.36. The summed E-state index contributed by atoms with van der Waals surface area (Å²) in [6, 6.07) is 12.8. The topological polar surface area (TPSA) is 215 Å². The van der Waals surface area contributed by atoms with Crippen LogP contribution in [0.15, 0.2) is 47.5 Å². The van der Waals surface area contributed by atoms with Crippen molar-refractivity contribution in [3.05, 3.63) is 53.6 Å². The van der Waals surface area contributed by atoms with Gasteiger partial charge in [0.05, 0.1) is 24.7 Å². The van der Waals surface area contributed by atoms with Crippen LogP contribution in [0, 0.1) is 6.92 Å². The molecule has 1 aliphatic rings. The summed E-state index contributed by atoms with van der Waals surface area (Å²) in [5, 5.41) is 21.5. The van der Waals surface area contributed by atoms with Gasteiger partial charge in [0.1, 0.15) is 11.6 Å². The molecule has 47 heavy (non-hydrogen) atoms. The lowest BCUT2D eigenvalue weighted by atomic mass is 9.90. The first kappa shape index (κ1) is 37.8. The number of carboxylic acids is 2. The first-order valence-electron chi connectivity index (χ1n) is 13.5. The number of ether oxygens (including phenoxy) is 1. The van der Waals surface area contributed by atoms with Gasteiger partial charge in [0.25, 0.3) is 5.91 Å². The number of methoxy groups -OCH3 is 1. The molecule has 8 N–H and O–H groups in total. The molecule has 3 aromatic rings. The van der Waals surface area contributed by atoms with Crippen molar-refractivity contribution in [2.24, 2.45) is 16.5 Å². The van der Waals surface area contributed by atoms with Crippen molar-refractivity contribution in [2.45, 2.75) is 57.0 Å².